The van der Waals surface area contributed by atoms with E-state index in [1.165, 1.54) is 0 Å². The number of H-pyrrole nitrogens is 2. The largest absolute Gasteiger partial charge is 0.692 e. The van der Waals surface area contributed by atoms with E-state index in [1.807, 2.05) is 17.1 Å². The zero-order valence-corrected chi connectivity index (χ0v) is 12.4. The number of benzene rings is 1. The minimum atomic E-state index is -0.772. The van der Waals surface area contributed by atoms with Crippen LogP contribution < -0.4 is 16.1 Å². The van der Waals surface area contributed by atoms with Crippen LogP contribution >= 0.6 is 0 Å². The molecule has 0 atom stereocenters. The Morgan fingerprint density at radius 3 is 2.36 bits per heavy atom. The van der Waals surface area contributed by atoms with E-state index < -0.39 is 11.2 Å². The van der Waals surface area contributed by atoms with Crippen molar-refractivity contribution in [2.45, 2.75) is 26.2 Å². The molecule has 8 heteroatoms. The summed E-state index contributed by atoms with van der Waals surface area (Å²) in [5.41, 5.74) is -0.167. The van der Waals surface area contributed by atoms with E-state index in [9.17, 15) is 14.8 Å². The molecule has 0 saturated carbocycles. The van der Waals surface area contributed by atoms with E-state index in [0.29, 0.717) is 10.5 Å². The summed E-state index contributed by atoms with van der Waals surface area (Å²) >= 11 is 0. The molecule has 3 aromatic rings. The first kappa shape index (κ1) is 14.1. The fraction of sp³-hybridized carbons (Fsp3) is 0.286. The molecule has 0 spiro atoms. The van der Waals surface area contributed by atoms with Crippen molar-refractivity contribution in [2.24, 2.45) is 0 Å². The van der Waals surface area contributed by atoms with Crippen molar-refractivity contribution in [1.29, 1.82) is 0 Å². The molecule has 22 heavy (non-hydrogen) atoms. The first-order chi connectivity index (χ1) is 10.3. The van der Waals surface area contributed by atoms with Gasteiger partial charge in [0, 0.05) is 0 Å². The third-order valence-corrected chi connectivity index (χ3v) is 3.42. The zero-order valence-electron chi connectivity index (χ0n) is 12.4. The summed E-state index contributed by atoms with van der Waals surface area (Å²) in [6.45, 7) is 6.26. The molecule has 0 aliphatic heterocycles. The Hall–Kier alpha value is -2.90. The number of hydrogen-bond acceptors (Lipinski definition) is 4. The first-order valence-electron chi connectivity index (χ1n) is 6.73. The third-order valence-electron chi connectivity index (χ3n) is 3.42. The summed E-state index contributed by atoms with van der Waals surface area (Å²) < 4.78 is 0. The van der Waals surface area contributed by atoms with Crippen LogP contribution in [0.15, 0.2) is 33.9 Å². The SMILES string of the molecule is CC(C)(C)c1ccc(-n2nc3[nH]c(=O)[nH]c(=O)c3[n+]2[O-])cc1. The van der Waals surface area contributed by atoms with Crippen molar-refractivity contribution in [3.8, 4) is 5.69 Å². The monoisotopic (exact) mass is 301 g/mol. The Balaban J connectivity index is 2.19. The second kappa shape index (κ2) is 4.55. The van der Waals surface area contributed by atoms with Gasteiger partial charge < -0.3 is 5.21 Å². The molecule has 0 fully saturated rings. The lowest BCUT2D eigenvalue weighted by molar-refractivity contribution is -0.665. The van der Waals surface area contributed by atoms with Crippen LogP contribution in [-0.2, 0) is 5.41 Å². The van der Waals surface area contributed by atoms with Crippen LogP contribution in [0.4, 0.5) is 0 Å². The molecule has 0 bridgehead atoms. The third kappa shape index (κ3) is 2.18. The van der Waals surface area contributed by atoms with Gasteiger partial charge in [-0.25, -0.2) is 4.79 Å². The van der Waals surface area contributed by atoms with Gasteiger partial charge in [-0.3, -0.25) is 14.8 Å². The highest BCUT2D eigenvalue weighted by molar-refractivity contribution is 5.63. The number of fused-ring (bicyclic) bond motifs is 1. The van der Waals surface area contributed by atoms with Crippen LogP contribution in [0.2, 0.25) is 0 Å². The lowest BCUT2D eigenvalue weighted by Gasteiger charge is -2.18. The summed E-state index contributed by atoms with van der Waals surface area (Å²) in [4.78, 5) is 28.7. The predicted molar refractivity (Wildman–Crippen MR) is 80.0 cm³/mol. The van der Waals surface area contributed by atoms with E-state index >= 15 is 0 Å². The smallest absolute Gasteiger partial charge is 0.330 e. The van der Waals surface area contributed by atoms with Gasteiger partial charge in [0.2, 0.25) is 0 Å². The molecule has 2 heterocycles. The maximum atomic E-state index is 12.2. The van der Waals surface area contributed by atoms with Crippen molar-refractivity contribution < 1.29 is 4.85 Å². The Labute approximate surface area is 124 Å². The van der Waals surface area contributed by atoms with Gasteiger partial charge in [-0.1, -0.05) is 32.9 Å². The average molecular weight is 301 g/mol. The number of aromatic nitrogens is 5. The highest BCUT2D eigenvalue weighted by Crippen LogP contribution is 2.22. The molecule has 0 unspecified atom stereocenters. The molecule has 114 valence electrons. The summed E-state index contributed by atoms with van der Waals surface area (Å²) in [6, 6.07) is 7.28. The van der Waals surface area contributed by atoms with Gasteiger partial charge in [-0.2, -0.15) is 0 Å². The number of nitrogens with zero attached hydrogens (tertiary/aromatic N) is 3. The molecule has 2 aromatic heterocycles. The fourth-order valence-corrected chi connectivity index (χ4v) is 2.21. The second-order valence-electron chi connectivity index (χ2n) is 6.06. The van der Waals surface area contributed by atoms with Gasteiger partial charge in [0.15, 0.2) is 0 Å². The highest BCUT2D eigenvalue weighted by atomic mass is 16.5. The standard InChI is InChI=1S/C14H15N5O3/c1-14(2,3)8-4-6-9(7-5-8)18-17-11-10(19(18)22)12(20)16-13(21)15-11/h4-7H,1-3H3,(H2,15,16,17,20,21). The Kier molecular flexibility index (Phi) is 2.91. The summed E-state index contributed by atoms with van der Waals surface area (Å²) in [7, 11) is 0. The lowest BCUT2D eigenvalue weighted by atomic mass is 9.87. The molecule has 8 nitrogen and oxygen atoms in total. The topological polar surface area (TPSA) is 110 Å². The van der Waals surface area contributed by atoms with Crippen LogP contribution in [0.5, 0.6) is 0 Å². The normalized spacial score (nSPS) is 12.0. The summed E-state index contributed by atoms with van der Waals surface area (Å²) in [5.74, 6) is 0. The van der Waals surface area contributed by atoms with E-state index in [2.05, 4.69) is 30.9 Å². The van der Waals surface area contributed by atoms with Crippen LogP contribution in [0, 0.1) is 5.21 Å². The predicted octanol–water partition coefficient (Wildman–Crippen LogP) is 0.333. The van der Waals surface area contributed by atoms with Crippen molar-refractivity contribution in [3.63, 3.8) is 0 Å². The molecule has 1 aromatic carbocycles. The molecular formula is C14H15N5O3. The number of nitrogens with one attached hydrogen (secondary N) is 2. The minimum Gasteiger partial charge on any atom is -0.692 e. The quantitative estimate of drug-likeness (QED) is 0.498. The van der Waals surface area contributed by atoms with E-state index in [4.69, 9.17) is 0 Å². The van der Waals surface area contributed by atoms with Gasteiger partial charge in [0.05, 0.1) is 5.10 Å². The van der Waals surface area contributed by atoms with Crippen molar-refractivity contribution >= 4 is 11.2 Å². The maximum absolute atomic E-state index is 12.2. The Morgan fingerprint density at radius 1 is 1.14 bits per heavy atom. The van der Waals surface area contributed by atoms with Gasteiger partial charge >= 0.3 is 16.9 Å². The Bertz CT molecular complexity index is 957. The summed E-state index contributed by atoms with van der Waals surface area (Å²) in [5, 5.41) is 16.2. The molecule has 0 radical (unpaired) electrons. The van der Waals surface area contributed by atoms with Crippen molar-refractivity contribution in [2.75, 3.05) is 0 Å². The van der Waals surface area contributed by atoms with E-state index in [1.54, 1.807) is 12.1 Å². The highest BCUT2D eigenvalue weighted by Gasteiger charge is 2.21. The van der Waals surface area contributed by atoms with Crippen LogP contribution in [0.3, 0.4) is 0 Å². The minimum absolute atomic E-state index is 0.0107. The van der Waals surface area contributed by atoms with Crippen LogP contribution in [-0.4, -0.2) is 19.9 Å². The number of aromatic amines is 2. The van der Waals surface area contributed by atoms with Crippen molar-refractivity contribution in [1.82, 2.24) is 19.9 Å². The molecule has 0 saturated heterocycles. The first-order valence-corrected chi connectivity index (χ1v) is 6.73. The average Bonchev–Trinajstić information content (AvgIpc) is 2.75. The van der Waals surface area contributed by atoms with Crippen LogP contribution in [0.1, 0.15) is 26.3 Å². The van der Waals surface area contributed by atoms with Gasteiger partial charge in [-0.15, -0.1) is 4.85 Å². The van der Waals surface area contributed by atoms with Crippen molar-refractivity contribution in [3.05, 3.63) is 55.9 Å². The Morgan fingerprint density at radius 2 is 1.77 bits per heavy atom. The maximum Gasteiger partial charge on any atom is 0.330 e. The molecular weight excluding hydrogens is 286 g/mol. The second-order valence-corrected chi connectivity index (χ2v) is 6.06. The fourth-order valence-electron chi connectivity index (χ4n) is 2.21. The summed E-state index contributed by atoms with van der Waals surface area (Å²) in [6.07, 6.45) is 0. The van der Waals surface area contributed by atoms with Gasteiger partial charge in [0.1, 0.15) is 5.69 Å². The van der Waals surface area contributed by atoms with Gasteiger partial charge in [0.25, 0.3) is 5.52 Å². The van der Waals surface area contributed by atoms with Crippen LogP contribution in [0.25, 0.3) is 16.9 Å². The number of hydrogen-bond donors (Lipinski definition) is 2. The van der Waals surface area contributed by atoms with E-state index in [-0.39, 0.29) is 16.6 Å². The molecule has 2 N–H and O–H groups in total. The molecule has 0 amide bonds. The van der Waals surface area contributed by atoms with E-state index in [0.717, 1.165) is 10.4 Å². The number of rotatable bonds is 1. The molecule has 0 aliphatic rings. The molecule has 3 rings (SSSR count). The zero-order chi connectivity index (χ0) is 16.1. The molecule has 0 aliphatic carbocycles. The lowest BCUT2D eigenvalue weighted by Crippen LogP contribution is -2.41. The van der Waals surface area contributed by atoms with Gasteiger partial charge in [-0.05, 0) is 27.9 Å².